The van der Waals surface area contributed by atoms with Gasteiger partial charge in [0.05, 0.1) is 24.2 Å². The molecule has 6 nitrogen and oxygen atoms in total. The van der Waals surface area contributed by atoms with Gasteiger partial charge in [-0.1, -0.05) is 24.3 Å². The van der Waals surface area contributed by atoms with E-state index < -0.39 is 0 Å². The highest BCUT2D eigenvalue weighted by Crippen LogP contribution is 2.34. The normalized spacial score (nSPS) is 15.8. The van der Waals surface area contributed by atoms with Crippen molar-refractivity contribution in [1.82, 2.24) is 9.55 Å². The van der Waals surface area contributed by atoms with Gasteiger partial charge >= 0.3 is 0 Å². The molecule has 0 radical (unpaired) electrons. The Kier molecular flexibility index (Phi) is 6.21. The van der Waals surface area contributed by atoms with Crippen molar-refractivity contribution in [2.45, 2.75) is 32.7 Å². The van der Waals surface area contributed by atoms with Crippen LogP contribution in [0.1, 0.15) is 30.7 Å². The van der Waals surface area contributed by atoms with Crippen molar-refractivity contribution in [3.63, 3.8) is 0 Å². The highest BCUT2D eigenvalue weighted by molar-refractivity contribution is 5.96. The number of hydrogen-bond acceptors (Lipinski definition) is 4. The summed E-state index contributed by atoms with van der Waals surface area (Å²) in [4.78, 5) is 19.8. The third-order valence-corrected chi connectivity index (χ3v) is 6.21. The highest BCUT2D eigenvalue weighted by Gasteiger charge is 2.34. The number of rotatable bonds is 8. The molecule has 0 saturated carbocycles. The fraction of sp³-hybridized carbons (Fsp3) is 0.286. The molecule has 1 saturated heterocycles. The summed E-state index contributed by atoms with van der Waals surface area (Å²) in [5, 5.41) is 0. The minimum absolute atomic E-state index is 0.0189. The van der Waals surface area contributed by atoms with E-state index in [1.54, 1.807) is 0 Å². The summed E-state index contributed by atoms with van der Waals surface area (Å²) in [6.07, 6.45) is 0.440. The number of carbonyl (C=O) groups is 1. The van der Waals surface area contributed by atoms with E-state index in [2.05, 4.69) is 23.6 Å². The molecule has 34 heavy (non-hydrogen) atoms. The van der Waals surface area contributed by atoms with E-state index in [1.807, 2.05) is 72.5 Å². The number of amides is 1. The fourth-order valence-electron chi connectivity index (χ4n) is 4.62. The van der Waals surface area contributed by atoms with Gasteiger partial charge in [-0.3, -0.25) is 4.79 Å². The highest BCUT2D eigenvalue weighted by atomic mass is 16.5. The molecule has 2 heterocycles. The van der Waals surface area contributed by atoms with Crippen LogP contribution in [-0.2, 0) is 11.3 Å². The number of para-hydroxylation sites is 2. The van der Waals surface area contributed by atoms with Crippen molar-refractivity contribution in [1.29, 1.82) is 0 Å². The molecule has 0 aliphatic carbocycles. The number of anilines is 1. The van der Waals surface area contributed by atoms with Gasteiger partial charge in [0, 0.05) is 24.6 Å². The SMILES string of the molecule is CCOc1ccc(N2CC(c3nc4ccccc4n3CCOc3cccc(C)c3)CC2=O)cc1. The average Bonchev–Trinajstić information content (AvgIpc) is 3.41. The maximum atomic E-state index is 13.0. The third-order valence-electron chi connectivity index (χ3n) is 6.21. The van der Waals surface area contributed by atoms with Crippen LogP contribution in [0.3, 0.4) is 0 Å². The number of aryl methyl sites for hydroxylation is 1. The van der Waals surface area contributed by atoms with Crippen LogP contribution in [0.25, 0.3) is 11.0 Å². The van der Waals surface area contributed by atoms with Crippen LogP contribution in [0, 0.1) is 6.92 Å². The molecular formula is C28H29N3O3. The zero-order valence-corrected chi connectivity index (χ0v) is 19.6. The Hall–Kier alpha value is -3.80. The van der Waals surface area contributed by atoms with Gasteiger partial charge in [-0.05, 0) is 67.9 Å². The second-order valence-corrected chi connectivity index (χ2v) is 8.61. The van der Waals surface area contributed by atoms with Crippen LogP contribution in [-0.4, -0.2) is 35.2 Å². The Balaban J connectivity index is 1.37. The number of hydrogen-bond donors (Lipinski definition) is 0. The molecule has 1 aromatic heterocycles. The maximum Gasteiger partial charge on any atom is 0.227 e. The summed E-state index contributed by atoms with van der Waals surface area (Å²) in [6, 6.07) is 23.9. The first-order valence-electron chi connectivity index (χ1n) is 11.8. The first-order chi connectivity index (χ1) is 16.6. The molecule has 0 bridgehead atoms. The van der Waals surface area contributed by atoms with Crippen molar-refractivity contribution < 1.29 is 14.3 Å². The Morgan fingerprint density at radius 1 is 0.971 bits per heavy atom. The van der Waals surface area contributed by atoms with Crippen LogP contribution in [0.5, 0.6) is 11.5 Å². The van der Waals surface area contributed by atoms with E-state index in [9.17, 15) is 4.79 Å². The van der Waals surface area contributed by atoms with Gasteiger partial charge in [0.1, 0.15) is 23.9 Å². The van der Waals surface area contributed by atoms with Crippen LogP contribution in [0.2, 0.25) is 0 Å². The molecule has 1 atom stereocenters. The number of imidazole rings is 1. The summed E-state index contributed by atoms with van der Waals surface area (Å²) >= 11 is 0. The van der Waals surface area contributed by atoms with Gasteiger partial charge in [0.2, 0.25) is 5.91 Å². The van der Waals surface area contributed by atoms with Gasteiger partial charge in [-0.15, -0.1) is 0 Å². The van der Waals surface area contributed by atoms with Crippen LogP contribution < -0.4 is 14.4 Å². The minimum Gasteiger partial charge on any atom is -0.494 e. The van der Waals surface area contributed by atoms with E-state index in [4.69, 9.17) is 14.5 Å². The summed E-state index contributed by atoms with van der Waals surface area (Å²) in [6.45, 7) is 6.43. The van der Waals surface area contributed by atoms with Crippen molar-refractivity contribution in [3.8, 4) is 11.5 Å². The van der Waals surface area contributed by atoms with Gasteiger partial charge in [-0.2, -0.15) is 0 Å². The second kappa shape index (κ2) is 9.59. The number of fused-ring (bicyclic) bond motifs is 1. The van der Waals surface area contributed by atoms with Crippen LogP contribution in [0.15, 0.2) is 72.8 Å². The van der Waals surface area contributed by atoms with E-state index in [1.165, 1.54) is 5.56 Å². The summed E-state index contributed by atoms with van der Waals surface area (Å²) in [5.74, 6) is 2.75. The molecule has 1 unspecified atom stereocenters. The molecule has 0 N–H and O–H groups in total. The first kappa shape index (κ1) is 22.0. The van der Waals surface area contributed by atoms with Crippen LogP contribution in [0.4, 0.5) is 5.69 Å². The number of ether oxygens (including phenoxy) is 2. The molecule has 1 aliphatic heterocycles. The molecule has 5 rings (SSSR count). The number of benzene rings is 3. The molecule has 1 aliphatic rings. The van der Waals surface area contributed by atoms with E-state index >= 15 is 0 Å². The smallest absolute Gasteiger partial charge is 0.227 e. The van der Waals surface area contributed by atoms with Gasteiger partial charge in [0.25, 0.3) is 0 Å². The molecule has 4 aromatic rings. The number of nitrogens with zero attached hydrogens (tertiary/aromatic N) is 3. The lowest BCUT2D eigenvalue weighted by atomic mass is 10.1. The summed E-state index contributed by atoms with van der Waals surface area (Å²) in [5.41, 5.74) is 4.07. The van der Waals surface area contributed by atoms with Crippen molar-refractivity contribution in [3.05, 3.63) is 84.2 Å². The lowest BCUT2D eigenvalue weighted by molar-refractivity contribution is -0.117. The van der Waals surface area contributed by atoms with Gasteiger partial charge in [0.15, 0.2) is 0 Å². The van der Waals surface area contributed by atoms with Crippen molar-refractivity contribution in [2.24, 2.45) is 0 Å². The van der Waals surface area contributed by atoms with E-state index in [-0.39, 0.29) is 11.8 Å². The Morgan fingerprint density at radius 3 is 2.59 bits per heavy atom. The third kappa shape index (κ3) is 4.49. The fourth-order valence-corrected chi connectivity index (χ4v) is 4.62. The lowest BCUT2D eigenvalue weighted by Gasteiger charge is -2.18. The summed E-state index contributed by atoms with van der Waals surface area (Å²) < 4.78 is 13.8. The molecule has 3 aromatic carbocycles. The number of aromatic nitrogens is 2. The van der Waals surface area contributed by atoms with E-state index in [0.717, 1.165) is 34.0 Å². The molecule has 174 valence electrons. The maximum absolute atomic E-state index is 13.0. The van der Waals surface area contributed by atoms with E-state index in [0.29, 0.717) is 32.7 Å². The van der Waals surface area contributed by atoms with Crippen LogP contribution >= 0.6 is 0 Å². The topological polar surface area (TPSA) is 56.6 Å². The molecule has 0 spiro atoms. The Labute approximate surface area is 199 Å². The Morgan fingerprint density at radius 2 is 1.79 bits per heavy atom. The quantitative estimate of drug-likeness (QED) is 0.360. The lowest BCUT2D eigenvalue weighted by Crippen LogP contribution is -2.24. The predicted octanol–water partition coefficient (Wildman–Crippen LogP) is 5.34. The minimum atomic E-state index is 0.0189. The molecular weight excluding hydrogens is 426 g/mol. The molecule has 1 fully saturated rings. The summed E-state index contributed by atoms with van der Waals surface area (Å²) in [7, 11) is 0. The zero-order chi connectivity index (χ0) is 23.5. The largest absolute Gasteiger partial charge is 0.494 e. The van der Waals surface area contributed by atoms with Gasteiger partial charge in [-0.25, -0.2) is 4.98 Å². The predicted molar refractivity (Wildman–Crippen MR) is 134 cm³/mol. The second-order valence-electron chi connectivity index (χ2n) is 8.61. The molecule has 1 amide bonds. The monoisotopic (exact) mass is 455 g/mol. The van der Waals surface area contributed by atoms with Crippen molar-refractivity contribution >= 4 is 22.6 Å². The van der Waals surface area contributed by atoms with Gasteiger partial charge < -0.3 is 18.9 Å². The Bertz CT molecular complexity index is 1300. The standard InChI is InChI=1S/C28H29N3O3/c1-3-33-23-13-11-22(12-14-23)31-19-21(18-27(31)32)28-29-25-9-4-5-10-26(25)30(28)15-16-34-24-8-6-7-20(2)17-24/h4-14,17,21H,3,15-16,18-19H2,1-2H3. The molecule has 6 heteroatoms. The zero-order valence-electron chi connectivity index (χ0n) is 19.6. The van der Waals surface area contributed by atoms with Crippen molar-refractivity contribution in [2.75, 3.05) is 24.7 Å². The first-order valence-corrected chi connectivity index (χ1v) is 11.8. The average molecular weight is 456 g/mol. The number of carbonyl (C=O) groups excluding carboxylic acids is 1.